The lowest BCUT2D eigenvalue weighted by Crippen LogP contribution is -2.20. The van der Waals surface area contributed by atoms with E-state index < -0.39 is 15.9 Å². The average molecular weight is 430 g/mol. The molecule has 0 bridgehead atoms. The maximum absolute atomic E-state index is 12.0. The van der Waals surface area contributed by atoms with E-state index in [1.807, 2.05) is 19.0 Å². The second kappa shape index (κ2) is 7.26. The Labute approximate surface area is 173 Å². The monoisotopic (exact) mass is 429 g/mol. The van der Waals surface area contributed by atoms with Crippen molar-refractivity contribution < 1.29 is 13.5 Å². The van der Waals surface area contributed by atoms with Gasteiger partial charge >= 0.3 is 0 Å². The number of anilines is 3. The summed E-state index contributed by atoms with van der Waals surface area (Å²) in [5, 5.41) is 26.0. The molecule has 0 saturated carbocycles. The van der Waals surface area contributed by atoms with E-state index in [9.17, 15) is 13.5 Å². The molecule has 0 aliphatic rings. The summed E-state index contributed by atoms with van der Waals surface area (Å²) in [5.74, 6) is 1.33. The molecule has 0 radical (unpaired) electrons. The molecule has 0 fully saturated rings. The van der Waals surface area contributed by atoms with Gasteiger partial charge in [-0.3, -0.25) is 5.10 Å². The van der Waals surface area contributed by atoms with E-state index in [0.29, 0.717) is 28.8 Å². The van der Waals surface area contributed by atoms with Crippen LogP contribution in [0.1, 0.15) is 6.92 Å². The second-order valence-electron chi connectivity index (χ2n) is 7.50. The number of aromatic nitrogens is 5. The van der Waals surface area contributed by atoms with Crippen molar-refractivity contribution in [3.8, 4) is 0 Å². The van der Waals surface area contributed by atoms with E-state index in [0.717, 1.165) is 16.9 Å². The molecule has 30 heavy (non-hydrogen) atoms. The van der Waals surface area contributed by atoms with Crippen LogP contribution in [0.2, 0.25) is 0 Å². The quantitative estimate of drug-likeness (QED) is 0.424. The number of H-pyrrole nitrogens is 1. The first-order valence-electron chi connectivity index (χ1n) is 9.30. The normalized spacial score (nSPS) is 13.1. The van der Waals surface area contributed by atoms with Gasteiger partial charge < -0.3 is 15.3 Å². The van der Waals surface area contributed by atoms with Crippen LogP contribution in [0.3, 0.4) is 0 Å². The summed E-state index contributed by atoms with van der Waals surface area (Å²) in [7, 11) is 0.454. The Kier molecular flexibility index (Phi) is 4.86. The zero-order valence-corrected chi connectivity index (χ0v) is 17.9. The van der Waals surface area contributed by atoms with E-state index >= 15 is 0 Å². The summed E-state index contributed by atoms with van der Waals surface area (Å²) in [6.45, 7) is 2.06. The molecule has 3 N–H and O–H groups in total. The van der Waals surface area contributed by atoms with Crippen molar-refractivity contribution in [2.24, 2.45) is 0 Å². The average Bonchev–Trinajstić information content (AvgIpc) is 3.28. The number of aliphatic hydroxyl groups is 1. The first-order valence-corrected chi connectivity index (χ1v) is 11.2. The number of nitrogens with zero attached hydrogens (tertiary/aromatic N) is 5. The molecular weight excluding hydrogens is 406 g/mol. The van der Waals surface area contributed by atoms with Crippen molar-refractivity contribution in [2.45, 2.75) is 24.5 Å². The molecule has 4 rings (SSSR count). The predicted octanol–water partition coefficient (Wildman–Crippen LogP) is 1.90. The zero-order chi connectivity index (χ0) is 21.6. The molecule has 0 amide bonds. The van der Waals surface area contributed by atoms with Crippen LogP contribution >= 0.6 is 0 Å². The van der Waals surface area contributed by atoms with Crippen molar-refractivity contribution in [2.75, 3.05) is 30.6 Å². The molecule has 4 aromatic rings. The number of aliphatic hydroxyl groups excluding tert-OH is 1. The van der Waals surface area contributed by atoms with Crippen LogP contribution in [-0.4, -0.2) is 64.9 Å². The van der Waals surface area contributed by atoms with E-state index in [1.165, 1.54) is 6.26 Å². The molecule has 1 aromatic carbocycles. The first kappa shape index (κ1) is 20.1. The number of sulfone groups is 1. The van der Waals surface area contributed by atoms with Gasteiger partial charge in [-0.25, -0.2) is 18.1 Å². The fourth-order valence-electron chi connectivity index (χ4n) is 3.45. The van der Waals surface area contributed by atoms with Gasteiger partial charge in [0, 0.05) is 31.1 Å². The molecule has 158 valence electrons. The Morgan fingerprint density at radius 1 is 1.27 bits per heavy atom. The molecule has 1 atom stereocenters. The van der Waals surface area contributed by atoms with Crippen LogP contribution in [0.15, 0.2) is 35.5 Å². The zero-order valence-electron chi connectivity index (χ0n) is 17.1. The first-order chi connectivity index (χ1) is 14.1. The lowest BCUT2D eigenvalue weighted by atomic mass is 10.1. The molecule has 0 aliphatic heterocycles. The van der Waals surface area contributed by atoms with Crippen molar-refractivity contribution >= 4 is 49.0 Å². The summed E-state index contributed by atoms with van der Waals surface area (Å²) in [4.78, 5) is 6.82. The Hall–Kier alpha value is -3.18. The molecular formula is C19H23N7O3S. The summed E-state index contributed by atoms with van der Waals surface area (Å²) >= 11 is 0. The molecule has 1 unspecified atom stereocenters. The molecule has 3 aromatic heterocycles. The van der Waals surface area contributed by atoms with Crippen LogP contribution in [0.25, 0.3) is 21.8 Å². The SMILES string of the molecule is CC(O)Cn1ncc(Nc2nc3ccc(S(C)(=O)=O)cc3c3cn[nH]c23)c1N(C)C. The van der Waals surface area contributed by atoms with Gasteiger partial charge in [0.05, 0.1) is 35.5 Å². The molecule has 0 aliphatic carbocycles. The third kappa shape index (κ3) is 3.57. The van der Waals surface area contributed by atoms with Gasteiger partial charge in [-0.05, 0) is 25.1 Å². The number of nitrogens with one attached hydrogen (secondary N) is 2. The molecule has 11 heteroatoms. The van der Waals surface area contributed by atoms with Crippen molar-refractivity contribution in [3.05, 3.63) is 30.6 Å². The number of hydrogen-bond donors (Lipinski definition) is 3. The Morgan fingerprint density at radius 2 is 2.03 bits per heavy atom. The van der Waals surface area contributed by atoms with Crippen LogP contribution in [0.5, 0.6) is 0 Å². The summed E-state index contributed by atoms with van der Waals surface area (Å²) in [6.07, 6.45) is 3.97. The minimum absolute atomic E-state index is 0.231. The fraction of sp³-hybridized carbons (Fsp3) is 0.316. The lowest BCUT2D eigenvalue weighted by Gasteiger charge is -2.18. The van der Waals surface area contributed by atoms with Gasteiger partial charge in [0.15, 0.2) is 21.5 Å². The number of aromatic amines is 1. The maximum Gasteiger partial charge on any atom is 0.175 e. The molecule has 0 spiro atoms. The minimum Gasteiger partial charge on any atom is -0.391 e. The highest BCUT2D eigenvalue weighted by Crippen LogP contribution is 2.33. The van der Waals surface area contributed by atoms with Gasteiger partial charge in [0.25, 0.3) is 0 Å². The van der Waals surface area contributed by atoms with Crippen molar-refractivity contribution in [3.63, 3.8) is 0 Å². The summed E-state index contributed by atoms with van der Waals surface area (Å²) < 4.78 is 25.6. The largest absolute Gasteiger partial charge is 0.391 e. The molecule has 10 nitrogen and oxygen atoms in total. The Balaban J connectivity index is 1.84. The summed E-state index contributed by atoms with van der Waals surface area (Å²) in [5.41, 5.74) is 2.01. The van der Waals surface area contributed by atoms with Crippen LogP contribution in [-0.2, 0) is 16.4 Å². The number of rotatable bonds is 6. The molecule has 0 saturated heterocycles. The van der Waals surface area contributed by atoms with E-state index in [4.69, 9.17) is 0 Å². The number of pyridine rings is 1. The smallest absolute Gasteiger partial charge is 0.175 e. The standard InChI is InChI=1S/C19H23N7O3S/c1-11(27)10-26-19(25(2)3)16(9-21-26)23-18-17-14(8-20-24-17)13-7-12(30(4,28)29)5-6-15(13)22-18/h5-9,11,27H,10H2,1-4H3,(H,20,24)(H,22,23). The topological polar surface area (TPSA) is 129 Å². The Morgan fingerprint density at radius 3 is 2.70 bits per heavy atom. The third-order valence-electron chi connectivity index (χ3n) is 4.72. The second-order valence-corrected chi connectivity index (χ2v) is 9.52. The van der Waals surface area contributed by atoms with Gasteiger partial charge in [-0.2, -0.15) is 10.2 Å². The van der Waals surface area contributed by atoms with E-state index in [1.54, 1.807) is 42.2 Å². The lowest BCUT2D eigenvalue weighted by molar-refractivity contribution is 0.169. The summed E-state index contributed by atoms with van der Waals surface area (Å²) in [6, 6.07) is 4.85. The maximum atomic E-state index is 12.0. The molecule has 3 heterocycles. The highest BCUT2D eigenvalue weighted by Gasteiger charge is 2.18. The van der Waals surface area contributed by atoms with E-state index in [-0.39, 0.29) is 4.90 Å². The van der Waals surface area contributed by atoms with Crippen LogP contribution < -0.4 is 10.2 Å². The van der Waals surface area contributed by atoms with Crippen molar-refractivity contribution in [1.29, 1.82) is 0 Å². The number of benzene rings is 1. The van der Waals surface area contributed by atoms with E-state index in [2.05, 4.69) is 25.6 Å². The third-order valence-corrected chi connectivity index (χ3v) is 5.83. The van der Waals surface area contributed by atoms with Gasteiger partial charge in [-0.1, -0.05) is 0 Å². The fourth-order valence-corrected chi connectivity index (χ4v) is 4.09. The highest BCUT2D eigenvalue weighted by molar-refractivity contribution is 7.90. The number of hydrogen-bond acceptors (Lipinski definition) is 8. The Bertz CT molecular complexity index is 1340. The minimum atomic E-state index is -3.34. The number of fused-ring (bicyclic) bond motifs is 3. The van der Waals surface area contributed by atoms with Gasteiger partial charge in [0.2, 0.25) is 0 Å². The van der Waals surface area contributed by atoms with Crippen LogP contribution in [0.4, 0.5) is 17.3 Å². The van der Waals surface area contributed by atoms with Gasteiger partial charge in [0.1, 0.15) is 11.2 Å². The predicted molar refractivity (Wildman–Crippen MR) is 116 cm³/mol. The van der Waals surface area contributed by atoms with Gasteiger partial charge in [-0.15, -0.1) is 0 Å². The van der Waals surface area contributed by atoms with Crippen molar-refractivity contribution in [1.82, 2.24) is 25.0 Å². The highest BCUT2D eigenvalue weighted by atomic mass is 32.2. The van der Waals surface area contributed by atoms with Crippen LogP contribution in [0, 0.1) is 0 Å².